The number of pyridine rings is 1. The summed E-state index contributed by atoms with van der Waals surface area (Å²) in [7, 11) is 0. The van der Waals surface area contributed by atoms with E-state index in [1.807, 2.05) is 12.4 Å². The molecule has 1 atom stereocenters. The minimum atomic E-state index is -0.379. The first-order valence-corrected chi connectivity index (χ1v) is 8.61. The first-order valence-electron chi connectivity index (χ1n) is 8.61. The van der Waals surface area contributed by atoms with Gasteiger partial charge < -0.3 is 10.0 Å². The van der Waals surface area contributed by atoms with Crippen molar-refractivity contribution in [1.82, 2.24) is 9.88 Å². The molecule has 0 radical (unpaired) electrons. The van der Waals surface area contributed by atoms with Crippen LogP contribution in [0.4, 0.5) is 0 Å². The van der Waals surface area contributed by atoms with Crippen molar-refractivity contribution in [2.45, 2.75) is 39.2 Å². The summed E-state index contributed by atoms with van der Waals surface area (Å²) in [4.78, 5) is 6.44. The van der Waals surface area contributed by atoms with Crippen LogP contribution in [0.3, 0.4) is 0 Å². The summed E-state index contributed by atoms with van der Waals surface area (Å²) in [5.41, 5.74) is 3.65. The second-order valence-electron chi connectivity index (χ2n) is 5.94. The van der Waals surface area contributed by atoms with Gasteiger partial charge in [0.05, 0.1) is 6.10 Å². The summed E-state index contributed by atoms with van der Waals surface area (Å²) in [6.45, 7) is 7.26. The topological polar surface area (TPSA) is 36.4 Å². The fourth-order valence-electron chi connectivity index (χ4n) is 2.71. The molecule has 3 nitrogen and oxygen atoms in total. The van der Waals surface area contributed by atoms with E-state index < -0.39 is 0 Å². The molecule has 0 bridgehead atoms. The SMILES string of the molecule is CCc1ccc(C(O)CCN(CC)CCc2ccncc2)cc1. The maximum Gasteiger partial charge on any atom is 0.0802 e. The Bertz CT molecular complexity index is 554. The van der Waals surface area contributed by atoms with Gasteiger partial charge in [-0.2, -0.15) is 0 Å². The van der Waals surface area contributed by atoms with Crippen molar-refractivity contribution in [2.24, 2.45) is 0 Å². The Hall–Kier alpha value is -1.71. The molecule has 1 aromatic heterocycles. The summed E-state index contributed by atoms with van der Waals surface area (Å²) in [6.07, 6.45) is 6.14. The molecule has 3 heteroatoms. The van der Waals surface area contributed by atoms with E-state index in [0.717, 1.165) is 44.5 Å². The number of aliphatic hydroxyl groups is 1. The highest BCUT2D eigenvalue weighted by atomic mass is 16.3. The summed E-state index contributed by atoms with van der Waals surface area (Å²) >= 11 is 0. The molecule has 0 aliphatic heterocycles. The van der Waals surface area contributed by atoms with Crippen LogP contribution < -0.4 is 0 Å². The molecule has 1 heterocycles. The molecule has 0 aliphatic carbocycles. The summed E-state index contributed by atoms with van der Waals surface area (Å²) in [6, 6.07) is 12.5. The minimum Gasteiger partial charge on any atom is -0.388 e. The number of aliphatic hydroxyl groups excluding tert-OH is 1. The number of aromatic nitrogens is 1. The first kappa shape index (κ1) is 17.6. The van der Waals surface area contributed by atoms with Gasteiger partial charge in [-0.3, -0.25) is 4.98 Å². The third-order valence-electron chi connectivity index (χ3n) is 4.40. The molecule has 2 rings (SSSR count). The Morgan fingerprint density at radius 1 is 0.957 bits per heavy atom. The van der Waals surface area contributed by atoms with Crippen molar-refractivity contribution in [2.75, 3.05) is 19.6 Å². The Morgan fingerprint density at radius 2 is 1.65 bits per heavy atom. The number of nitrogens with zero attached hydrogens (tertiary/aromatic N) is 2. The highest BCUT2D eigenvalue weighted by Gasteiger charge is 2.10. The smallest absolute Gasteiger partial charge is 0.0802 e. The van der Waals surface area contributed by atoms with E-state index in [2.05, 4.69) is 60.1 Å². The lowest BCUT2D eigenvalue weighted by atomic mass is 10.0. The fraction of sp³-hybridized carbons (Fsp3) is 0.450. The van der Waals surface area contributed by atoms with Crippen LogP contribution >= 0.6 is 0 Å². The van der Waals surface area contributed by atoms with Crippen LogP contribution in [0.25, 0.3) is 0 Å². The molecule has 1 aromatic carbocycles. The Labute approximate surface area is 140 Å². The Kier molecular flexibility index (Phi) is 7.24. The zero-order chi connectivity index (χ0) is 16.5. The normalized spacial score (nSPS) is 12.5. The number of aryl methyl sites for hydroxylation is 1. The third-order valence-corrected chi connectivity index (χ3v) is 4.40. The zero-order valence-electron chi connectivity index (χ0n) is 14.3. The van der Waals surface area contributed by atoms with E-state index in [1.54, 1.807) is 0 Å². The average molecular weight is 312 g/mol. The summed E-state index contributed by atoms with van der Waals surface area (Å²) in [5.74, 6) is 0. The van der Waals surface area contributed by atoms with Gasteiger partial charge in [0.2, 0.25) is 0 Å². The van der Waals surface area contributed by atoms with Crippen LogP contribution in [0.5, 0.6) is 0 Å². The highest BCUT2D eigenvalue weighted by molar-refractivity contribution is 5.24. The number of likely N-dealkylation sites (N-methyl/N-ethyl adjacent to an activating group) is 1. The van der Waals surface area contributed by atoms with E-state index >= 15 is 0 Å². The van der Waals surface area contributed by atoms with E-state index in [9.17, 15) is 5.11 Å². The quantitative estimate of drug-likeness (QED) is 0.768. The predicted octanol–water partition coefficient (Wildman–Crippen LogP) is 3.63. The molecular formula is C20H28N2O. The van der Waals surface area contributed by atoms with Gasteiger partial charge in [-0.05, 0) is 54.6 Å². The van der Waals surface area contributed by atoms with Gasteiger partial charge in [-0.25, -0.2) is 0 Å². The molecule has 0 aliphatic rings. The Balaban J connectivity index is 1.79. The van der Waals surface area contributed by atoms with Gasteiger partial charge >= 0.3 is 0 Å². The lowest BCUT2D eigenvalue weighted by molar-refractivity contribution is 0.144. The van der Waals surface area contributed by atoms with Gasteiger partial charge in [0.25, 0.3) is 0 Å². The zero-order valence-corrected chi connectivity index (χ0v) is 14.3. The van der Waals surface area contributed by atoms with Crippen LogP contribution in [0.1, 0.15) is 43.1 Å². The molecular weight excluding hydrogens is 284 g/mol. The fourth-order valence-corrected chi connectivity index (χ4v) is 2.71. The van der Waals surface area contributed by atoms with Crippen LogP contribution in [0, 0.1) is 0 Å². The van der Waals surface area contributed by atoms with E-state index in [-0.39, 0.29) is 6.10 Å². The monoisotopic (exact) mass is 312 g/mol. The molecule has 2 aromatic rings. The molecule has 0 saturated heterocycles. The standard InChI is InChI=1S/C20H28N2O/c1-3-17-5-7-19(8-6-17)20(23)12-16-22(4-2)15-11-18-9-13-21-14-10-18/h5-10,13-14,20,23H,3-4,11-12,15-16H2,1-2H3. The van der Waals surface area contributed by atoms with Crippen molar-refractivity contribution in [3.05, 3.63) is 65.5 Å². The van der Waals surface area contributed by atoms with Crippen LogP contribution in [-0.4, -0.2) is 34.6 Å². The van der Waals surface area contributed by atoms with Gasteiger partial charge in [-0.15, -0.1) is 0 Å². The lowest BCUT2D eigenvalue weighted by Gasteiger charge is -2.22. The maximum atomic E-state index is 10.4. The Morgan fingerprint density at radius 3 is 2.26 bits per heavy atom. The van der Waals surface area contributed by atoms with Crippen LogP contribution in [0.2, 0.25) is 0 Å². The van der Waals surface area contributed by atoms with Crippen molar-refractivity contribution >= 4 is 0 Å². The molecule has 0 spiro atoms. The summed E-state index contributed by atoms with van der Waals surface area (Å²) in [5, 5.41) is 10.4. The molecule has 0 amide bonds. The van der Waals surface area contributed by atoms with E-state index in [0.29, 0.717) is 0 Å². The number of hydrogen-bond donors (Lipinski definition) is 1. The molecule has 0 fully saturated rings. The van der Waals surface area contributed by atoms with Gasteiger partial charge in [0.1, 0.15) is 0 Å². The minimum absolute atomic E-state index is 0.379. The molecule has 124 valence electrons. The summed E-state index contributed by atoms with van der Waals surface area (Å²) < 4.78 is 0. The predicted molar refractivity (Wildman–Crippen MR) is 95.5 cm³/mol. The van der Waals surface area contributed by atoms with E-state index in [1.165, 1.54) is 11.1 Å². The molecule has 1 N–H and O–H groups in total. The van der Waals surface area contributed by atoms with Gasteiger partial charge in [-0.1, -0.05) is 38.1 Å². The average Bonchev–Trinajstić information content (AvgIpc) is 2.62. The van der Waals surface area contributed by atoms with Gasteiger partial charge in [0.15, 0.2) is 0 Å². The molecule has 23 heavy (non-hydrogen) atoms. The number of hydrogen-bond acceptors (Lipinski definition) is 3. The largest absolute Gasteiger partial charge is 0.388 e. The lowest BCUT2D eigenvalue weighted by Crippen LogP contribution is -2.28. The number of benzene rings is 1. The van der Waals surface area contributed by atoms with Crippen LogP contribution in [0.15, 0.2) is 48.8 Å². The molecule has 0 saturated carbocycles. The molecule has 1 unspecified atom stereocenters. The van der Waals surface area contributed by atoms with Crippen molar-refractivity contribution in [3.8, 4) is 0 Å². The van der Waals surface area contributed by atoms with Crippen molar-refractivity contribution < 1.29 is 5.11 Å². The van der Waals surface area contributed by atoms with Crippen LogP contribution in [-0.2, 0) is 12.8 Å². The second-order valence-corrected chi connectivity index (χ2v) is 5.94. The van der Waals surface area contributed by atoms with Gasteiger partial charge in [0, 0.05) is 25.5 Å². The van der Waals surface area contributed by atoms with E-state index in [4.69, 9.17) is 0 Å². The van der Waals surface area contributed by atoms with Crippen molar-refractivity contribution in [1.29, 1.82) is 0 Å². The number of rotatable bonds is 9. The maximum absolute atomic E-state index is 10.4. The first-order chi connectivity index (χ1) is 11.2. The third kappa shape index (κ3) is 5.77. The highest BCUT2D eigenvalue weighted by Crippen LogP contribution is 2.18. The van der Waals surface area contributed by atoms with Crippen molar-refractivity contribution in [3.63, 3.8) is 0 Å². The second kappa shape index (κ2) is 9.43.